The smallest absolute Gasteiger partial charge is 0.264 e. The fraction of sp³-hybridized carbons (Fsp3) is 0.458. The van der Waals surface area contributed by atoms with Crippen LogP contribution in [0.4, 0.5) is 0 Å². The van der Waals surface area contributed by atoms with E-state index in [0.717, 1.165) is 29.9 Å². The highest BCUT2D eigenvalue weighted by molar-refractivity contribution is 7.86. The maximum absolute atomic E-state index is 11.1. The van der Waals surface area contributed by atoms with E-state index in [1.165, 1.54) is 0 Å². The predicted molar refractivity (Wildman–Crippen MR) is 132 cm³/mol. The molecule has 0 amide bonds. The van der Waals surface area contributed by atoms with E-state index >= 15 is 0 Å². The van der Waals surface area contributed by atoms with Crippen LogP contribution in [0, 0.1) is 0 Å². The maximum Gasteiger partial charge on any atom is 0.264 e. The first-order valence-electron chi connectivity index (χ1n) is 10.8. The van der Waals surface area contributed by atoms with Gasteiger partial charge in [-0.05, 0) is 31.4 Å². The summed E-state index contributed by atoms with van der Waals surface area (Å²) in [7, 11) is -6.99. The zero-order chi connectivity index (χ0) is 25.8. The van der Waals surface area contributed by atoms with Crippen LogP contribution in [-0.4, -0.2) is 59.6 Å². The number of carbonyl (C=O) groups is 1. The summed E-state index contributed by atoms with van der Waals surface area (Å²) in [5, 5.41) is 9.04. The van der Waals surface area contributed by atoms with Crippen LogP contribution in [0.15, 0.2) is 60.7 Å². The number of hydrogen-bond acceptors (Lipinski definition) is 8. The highest BCUT2D eigenvalue weighted by atomic mass is 32.2. The van der Waals surface area contributed by atoms with Crippen molar-refractivity contribution in [3.05, 3.63) is 71.8 Å². The second kappa shape index (κ2) is 14.3. The first-order chi connectivity index (χ1) is 15.9. The molecule has 2 aromatic rings. The van der Waals surface area contributed by atoms with Crippen molar-refractivity contribution < 1.29 is 35.1 Å². The molecule has 0 radical (unpaired) electrons. The van der Waals surface area contributed by atoms with Crippen LogP contribution in [0.5, 0.6) is 0 Å². The van der Waals surface area contributed by atoms with Crippen molar-refractivity contribution in [2.24, 2.45) is 0 Å². The second-order valence-electron chi connectivity index (χ2n) is 7.96. The van der Waals surface area contributed by atoms with E-state index in [9.17, 15) is 21.6 Å². The lowest BCUT2D eigenvalue weighted by molar-refractivity contribution is -0.108. The van der Waals surface area contributed by atoms with Crippen molar-refractivity contribution in [1.29, 1.82) is 0 Å². The molecule has 0 aliphatic carbocycles. The van der Waals surface area contributed by atoms with E-state index in [2.05, 4.69) is 0 Å². The Balaban J connectivity index is 0.000000340. The van der Waals surface area contributed by atoms with E-state index in [-0.39, 0.29) is 24.9 Å². The number of hydrogen-bond donors (Lipinski definition) is 1. The monoisotopic (exact) mass is 514 g/mol. The molecule has 190 valence electrons. The van der Waals surface area contributed by atoms with Crippen LogP contribution in [0.25, 0.3) is 0 Å². The average molecular weight is 515 g/mol. The van der Waals surface area contributed by atoms with Crippen LogP contribution < -0.4 is 0 Å². The fourth-order valence-electron chi connectivity index (χ4n) is 3.60. The third kappa shape index (κ3) is 11.8. The maximum atomic E-state index is 11.1. The molecule has 1 N–H and O–H groups in total. The lowest BCUT2D eigenvalue weighted by Crippen LogP contribution is -2.23. The zero-order valence-electron chi connectivity index (χ0n) is 19.9. The van der Waals surface area contributed by atoms with Crippen molar-refractivity contribution in [3.8, 4) is 0 Å². The molecule has 2 aromatic carbocycles. The molecule has 2 rings (SSSR count). The molecule has 0 fully saturated rings. The van der Waals surface area contributed by atoms with Crippen molar-refractivity contribution in [3.63, 3.8) is 0 Å². The topological polar surface area (TPSA) is 124 Å². The number of aliphatic hydroxyl groups is 1. The quantitative estimate of drug-likeness (QED) is 0.338. The SMILES string of the molecule is CC(OS(C)(=O)=O)C(CC=O)c1ccccc1.CC(OS(C)(=O)=O)C(CCO)c1ccccc1. The molecule has 8 nitrogen and oxygen atoms in total. The van der Waals surface area contributed by atoms with Crippen LogP contribution in [0.3, 0.4) is 0 Å². The minimum Gasteiger partial charge on any atom is -0.396 e. The third-order valence-corrected chi connectivity index (χ3v) is 6.34. The Morgan fingerprint density at radius 3 is 1.50 bits per heavy atom. The summed E-state index contributed by atoms with van der Waals surface area (Å²) in [6.07, 6.45) is 2.48. The molecular formula is C24H34O8S2. The van der Waals surface area contributed by atoms with Crippen LogP contribution >= 0.6 is 0 Å². The Bertz CT molecular complexity index is 1050. The van der Waals surface area contributed by atoms with E-state index in [0.29, 0.717) is 6.42 Å². The Kier molecular flexibility index (Phi) is 12.6. The number of aldehydes is 1. The Labute approximate surface area is 203 Å². The average Bonchev–Trinajstić information content (AvgIpc) is 2.75. The molecule has 34 heavy (non-hydrogen) atoms. The van der Waals surface area contributed by atoms with Gasteiger partial charge in [-0.25, -0.2) is 0 Å². The summed E-state index contributed by atoms with van der Waals surface area (Å²) in [5.41, 5.74) is 1.87. The van der Waals surface area contributed by atoms with Gasteiger partial charge in [-0.1, -0.05) is 60.7 Å². The molecule has 0 saturated carbocycles. The van der Waals surface area contributed by atoms with E-state index in [4.69, 9.17) is 13.5 Å². The molecule has 0 spiro atoms. The molecule has 0 aliphatic rings. The fourth-order valence-corrected chi connectivity index (χ4v) is 4.97. The molecule has 0 aromatic heterocycles. The number of rotatable bonds is 12. The van der Waals surface area contributed by atoms with Crippen molar-refractivity contribution in [2.45, 2.75) is 50.7 Å². The third-order valence-electron chi connectivity index (χ3n) is 5.03. The van der Waals surface area contributed by atoms with Gasteiger partial charge in [0.05, 0.1) is 24.7 Å². The van der Waals surface area contributed by atoms with Crippen LogP contribution in [0.2, 0.25) is 0 Å². The second-order valence-corrected chi connectivity index (χ2v) is 11.2. The van der Waals surface area contributed by atoms with Gasteiger partial charge in [0.15, 0.2) is 0 Å². The lowest BCUT2D eigenvalue weighted by atomic mass is 9.91. The molecule has 0 aliphatic heterocycles. The van der Waals surface area contributed by atoms with Gasteiger partial charge in [-0.15, -0.1) is 0 Å². The summed E-state index contributed by atoms with van der Waals surface area (Å²) >= 11 is 0. The van der Waals surface area contributed by atoms with E-state index < -0.39 is 32.4 Å². The molecule has 0 bridgehead atoms. The number of benzene rings is 2. The zero-order valence-corrected chi connectivity index (χ0v) is 21.5. The molecular weight excluding hydrogens is 480 g/mol. The standard InChI is InChI=1S/C12H18O4S.C12H16O4S/c2*1-10(16-17(2,14)15)12(8-9-13)11-6-4-3-5-7-11/h3-7,10,12-13H,8-9H2,1-2H3;3-7,9-10,12H,8H2,1-2H3. The van der Waals surface area contributed by atoms with Gasteiger partial charge < -0.3 is 9.90 Å². The minimum absolute atomic E-state index is 0.00295. The highest BCUT2D eigenvalue weighted by Crippen LogP contribution is 2.26. The van der Waals surface area contributed by atoms with Gasteiger partial charge >= 0.3 is 0 Å². The van der Waals surface area contributed by atoms with Gasteiger partial charge in [-0.3, -0.25) is 8.37 Å². The number of aliphatic hydroxyl groups excluding tert-OH is 1. The summed E-state index contributed by atoms with van der Waals surface area (Å²) < 4.78 is 54.2. The predicted octanol–water partition coefficient (Wildman–Crippen LogP) is 3.24. The van der Waals surface area contributed by atoms with E-state index in [1.807, 2.05) is 60.7 Å². The summed E-state index contributed by atoms with van der Waals surface area (Å²) in [5.74, 6) is -0.376. The van der Waals surface area contributed by atoms with Gasteiger partial charge in [0.2, 0.25) is 0 Å². The number of carbonyl (C=O) groups excluding carboxylic acids is 1. The largest absolute Gasteiger partial charge is 0.396 e. The molecule has 0 heterocycles. The van der Waals surface area contributed by atoms with Crippen LogP contribution in [0.1, 0.15) is 49.7 Å². The summed E-state index contributed by atoms with van der Waals surface area (Å²) in [6, 6.07) is 18.7. The minimum atomic E-state index is -3.51. The molecule has 4 atom stereocenters. The Morgan fingerprint density at radius 1 is 0.765 bits per heavy atom. The van der Waals surface area contributed by atoms with Crippen molar-refractivity contribution >= 4 is 26.5 Å². The van der Waals surface area contributed by atoms with Gasteiger partial charge in [0.1, 0.15) is 6.29 Å². The first-order valence-corrected chi connectivity index (χ1v) is 14.4. The Morgan fingerprint density at radius 2 is 1.15 bits per heavy atom. The van der Waals surface area contributed by atoms with Gasteiger partial charge in [-0.2, -0.15) is 16.8 Å². The lowest BCUT2D eigenvalue weighted by Gasteiger charge is -2.22. The normalized spacial score (nSPS) is 15.3. The van der Waals surface area contributed by atoms with Crippen molar-refractivity contribution in [2.75, 3.05) is 19.1 Å². The molecule has 4 unspecified atom stereocenters. The summed E-state index contributed by atoms with van der Waals surface area (Å²) in [6.45, 7) is 3.35. The van der Waals surface area contributed by atoms with Gasteiger partial charge in [0.25, 0.3) is 20.2 Å². The Hall–Kier alpha value is -2.11. The highest BCUT2D eigenvalue weighted by Gasteiger charge is 2.24. The first kappa shape index (κ1) is 29.9. The van der Waals surface area contributed by atoms with Gasteiger partial charge in [0, 0.05) is 24.9 Å². The molecule has 0 saturated heterocycles. The van der Waals surface area contributed by atoms with Crippen LogP contribution in [-0.2, 0) is 33.4 Å². The summed E-state index contributed by atoms with van der Waals surface area (Å²) in [4.78, 5) is 10.7. The van der Waals surface area contributed by atoms with E-state index in [1.54, 1.807) is 13.8 Å². The molecule has 10 heteroatoms. The van der Waals surface area contributed by atoms with Crippen molar-refractivity contribution in [1.82, 2.24) is 0 Å².